The Kier molecular flexibility index (Phi) is 24.1. The lowest BCUT2D eigenvalue weighted by Gasteiger charge is -2.43. The summed E-state index contributed by atoms with van der Waals surface area (Å²) in [6.07, 6.45) is 8.59. The van der Waals surface area contributed by atoms with E-state index in [4.69, 9.17) is 18.2 Å². The van der Waals surface area contributed by atoms with E-state index in [-0.39, 0.29) is 62.3 Å². The van der Waals surface area contributed by atoms with Gasteiger partial charge in [-0.05, 0) is 227 Å². The maximum atomic E-state index is 12.4. The maximum absolute atomic E-state index is 12.4. The summed E-state index contributed by atoms with van der Waals surface area (Å²) in [5, 5.41) is 0.389. The topological polar surface area (TPSA) is 80.3 Å². The van der Waals surface area contributed by atoms with Crippen LogP contribution in [0.3, 0.4) is 0 Å². The molecule has 89 heavy (non-hydrogen) atoms. The van der Waals surface area contributed by atoms with E-state index in [1.807, 2.05) is 12.1 Å². The van der Waals surface area contributed by atoms with Crippen molar-refractivity contribution in [2.75, 3.05) is 7.11 Å². The second-order valence-corrected chi connectivity index (χ2v) is 42.0. The standard InChI is InChI=1S/C41H58O4Si.C38H63BO3Si/c1-14-41(15-2,34-22-23-35(29(4)26-34)31-17-16-18-32(27-31)37(42)38(43)44-11)33-21-19-30(28(3)25-33)20-24-36(39(5,6)7)45-46(12,13)40(8,9)10;1-17-38(18-2,31-22-23-32(28(4)26-31)39-41-36(11,12)37(13,14)42-39)30-21-19-29(27(3)25-30)20-24-33(34(5,6)7)40-43(15,16)35(8,9)10/h16-19,21-23,25-27,36H,14-15,20,24H2,1-13H3;19,21-23,25-26,33H,17-18,20,24H2,1-16H3. The summed E-state index contributed by atoms with van der Waals surface area (Å²) in [7, 11) is -2.86. The number of hydrogen-bond donors (Lipinski definition) is 0. The quantitative estimate of drug-likeness (QED) is 0.0296. The zero-order chi connectivity index (χ0) is 67.5. The molecular formula is C79H121BO7Si2. The molecule has 6 rings (SSSR count). The van der Waals surface area contributed by atoms with Gasteiger partial charge in [-0.2, -0.15) is 0 Å². The van der Waals surface area contributed by atoms with Crippen molar-refractivity contribution in [1.82, 2.24) is 0 Å². The molecule has 0 spiro atoms. The smallest absolute Gasteiger partial charge is 0.463 e. The molecule has 5 aromatic rings. The van der Waals surface area contributed by atoms with Gasteiger partial charge in [-0.1, -0.05) is 207 Å². The Hall–Kier alpha value is -4.42. The van der Waals surface area contributed by atoms with Gasteiger partial charge in [0, 0.05) is 16.4 Å². The summed E-state index contributed by atoms with van der Waals surface area (Å²) < 4.78 is 31.4. The zero-order valence-electron chi connectivity index (χ0n) is 61.5. The molecule has 0 N–H and O–H groups in total. The molecule has 7 nitrogen and oxygen atoms in total. The third-order valence-corrected chi connectivity index (χ3v) is 30.9. The molecule has 1 saturated heterocycles. The predicted octanol–water partition coefficient (Wildman–Crippen LogP) is 20.9. The minimum atomic E-state index is -1.89. The Morgan fingerprint density at radius 2 is 0.876 bits per heavy atom. The molecule has 0 amide bonds. The largest absolute Gasteiger partial charge is 0.495 e. The van der Waals surface area contributed by atoms with Crippen LogP contribution >= 0.6 is 0 Å². The molecule has 5 aromatic carbocycles. The van der Waals surface area contributed by atoms with Crippen molar-refractivity contribution >= 4 is 41.0 Å². The lowest BCUT2D eigenvalue weighted by Crippen LogP contribution is -2.47. The summed E-state index contributed by atoms with van der Waals surface area (Å²) >= 11 is 0. The first-order valence-corrected chi connectivity index (χ1v) is 39.5. The van der Waals surface area contributed by atoms with Crippen LogP contribution in [0.15, 0.2) is 97.1 Å². The number of rotatable bonds is 22. The van der Waals surface area contributed by atoms with E-state index in [9.17, 15) is 9.59 Å². The van der Waals surface area contributed by atoms with Crippen molar-refractivity contribution in [1.29, 1.82) is 0 Å². The van der Waals surface area contributed by atoms with Crippen molar-refractivity contribution in [2.45, 2.75) is 288 Å². The van der Waals surface area contributed by atoms with Crippen LogP contribution in [0, 0.1) is 38.5 Å². The summed E-state index contributed by atoms with van der Waals surface area (Å²) in [6.45, 7) is 63.9. The minimum Gasteiger partial charge on any atom is -0.463 e. The average Bonchev–Trinajstić information content (AvgIpc) is 2.34. The molecular weight excluding hydrogens is 1130 g/mol. The first kappa shape index (κ1) is 75.3. The molecule has 0 bridgehead atoms. The van der Waals surface area contributed by atoms with E-state index in [2.05, 4.69) is 270 Å². The fraction of sp³-hybridized carbons (Fsp3) is 0.595. The van der Waals surface area contributed by atoms with Gasteiger partial charge < -0.3 is 22.9 Å². The monoisotopic (exact) mass is 1250 g/mol. The first-order valence-electron chi connectivity index (χ1n) is 33.7. The number of ketones is 1. The highest BCUT2D eigenvalue weighted by atomic mass is 28.4. The van der Waals surface area contributed by atoms with Crippen molar-refractivity contribution < 1.29 is 32.5 Å². The molecule has 0 saturated carbocycles. The molecule has 1 heterocycles. The van der Waals surface area contributed by atoms with Crippen molar-refractivity contribution in [3.63, 3.8) is 0 Å². The molecule has 1 aliphatic rings. The molecule has 1 fully saturated rings. The van der Waals surface area contributed by atoms with Gasteiger partial charge >= 0.3 is 13.1 Å². The van der Waals surface area contributed by atoms with Gasteiger partial charge in [0.05, 0.1) is 30.5 Å². The highest BCUT2D eigenvalue weighted by molar-refractivity contribution is 6.74. The molecule has 0 aromatic heterocycles. The fourth-order valence-corrected chi connectivity index (χ4v) is 15.6. The van der Waals surface area contributed by atoms with Crippen molar-refractivity contribution in [3.8, 4) is 11.1 Å². The molecule has 2 unspecified atom stereocenters. The summed E-state index contributed by atoms with van der Waals surface area (Å²) in [6, 6.07) is 35.2. The molecule has 1 aliphatic heterocycles. The molecule has 490 valence electrons. The van der Waals surface area contributed by atoms with Crippen LogP contribution in [0.5, 0.6) is 0 Å². The number of aryl methyl sites for hydroxylation is 6. The number of Topliss-reactive ketones (excluding diaryl/α,β-unsaturated/α-hetero) is 1. The average molecular weight is 1250 g/mol. The van der Waals surface area contributed by atoms with E-state index in [0.29, 0.717) is 5.56 Å². The van der Waals surface area contributed by atoms with Crippen molar-refractivity contribution in [3.05, 3.63) is 158 Å². The Labute approximate surface area is 545 Å². The normalized spacial score (nSPS) is 15.8. The number of carbonyl (C=O) groups is 2. The number of ether oxygens (including phenoxy) is 1. The second-order valence-electron chi connectivity index (χ2n) is 32.5. The van der Waals surface area contributed by atoms with Gasteiger partial charge in [-0.25, -0.2) is 4.79 Å². The van der Waals surface area contributed by atoms with Crippen LogP contribution in [0.1, 0.15) is 243 Å². The lowest BCUT2D eigenvalue weighted by molar-refractivity contribution is -0.135. The highest BCUT2D eigenvalue weighted by Gasteiger charge is 2.52. The second kappa shape index (κ2) is 28.4. The first-order chi connectivity index (χ1) is 40.8. The van der Waals surface area contributed by atoms with E-state index >= 15 is 0 Å². The van der Waals surface area contributed by atoms with E-state index in [0.717, 1.165) is 73.5 Å². The van der Waals surface area contributed by atoms with Crippen LogP contribution in [-0.4, -0.2) is 66.0 Å². The molecule has 0 radical (unpaired) electrons. The van der Waals surface area contributed by atoms with E-state index < -0.39 is 28.4 Å². The third-order valence-electron chi connectivity index (χ3n) is 21.9. The van der Waals surface area contributed by atoms with E-state index in [1.165, 1.54) is 57.2 Å². The number of methoxy groups -OCH3 is 1. The van der Waals surface area contributed by atoms with Gasteiger partial charge in [-0.15, -0.1) is 0 Å². The van der Waals surface area contributed by atoms with Gasteiger partial charge in [0.2, 0.25) is 0 Å². The van der Waals surface area contributed by atoms with Gasteiger partial charge in [0.25, 0.3) is 5.78 Å². The van der Waals surface area contributed by atoms with Gasteiger partial charge in [0.1, 0.15) is 0 Å². The van der Waals surface area contributed by atoms with E-state index in [1.54, 1.807) is 12.1 Å². The Morgan fingerprint density at radius 1 is 0.506 bits per heavy atom. The summed E-state index contributed by atoms with van der Waals surface area (Å²) in [5.41, 5.74) is 16.1. The minimum absolute atomic E-state index is 0.0398. The van der Waals surface area contributed by atoms with Crippen LogP contribution in [0.2, 0.25) is 36.3 Å². The maximum Gasteiger partial charge on any atom is 0.495 e. The molecule has 2 atom stereocenters. The molecule has 10 heteroatoms. The SMILES string of the molecule is CCC(CC)(c1ccc(CCC(O[Si](C)(C)C(C)(C)C)C(C)(C)C)c(C)c1)c1ccc(-c2cccc(C(=O)C(=O)OC)c2)c(C)c1.CCC(CC)(c1ccc(CCC(O[Si](C)(C)C(C)(C)C)C(C)(C)C)c(C)c1)c1ccc(B2OC(C)(C)C(C)(C)O2)c(C)c1. The van der Waals surface area contributed by atoms with Crippen LogP contribution in [0.25, 0.3) is 11.1 Å². The number of hydrogen-bond acceptors (Lipinski definition) is 7. The zero-order valence-corrected chi connectivity index (χ0v) is 63.5. The lowest BCUT2D eigenvalue weighted by atomic mass is 9.67. The Morgan fingerprint density at radius 3 is 1.21 bits per heavy atom. The number of benzene rings is 5. The summed E-state index contributed by atoms with van der Waals surface area (Å²) in [4.78, 5) is 24.3. The Balaban J connectivity index is 0.000000325. The number of carbonyl (C=O) groups excluding carboxylic acids is 2. The highest BCUT2D eigenvalue weighted by Crippen LogP contribution is 2.46. The van der Waals surface area contributed by atoms with Crippen LogP contribution in [-0.2, 0) is 51.4 Å². The Bertz CT molecular complexity index is 3210. The van der Waals surface area contributed by atoms with Crippen LogP contribution < -0.4 is 5.46 Å². The molecule has 0 aliphatic carbocycles. The van der Waals surface area contributed by atoms with Gasteiger partial charge in [-0.3, -0.25) is 4.79 Å². The van der Waals surface area contributed by atoms with Crippen molar-refractivity contribution in [2.24, 2.45) is 10.8 Å². The third kappa shape index (κ3) is 17.1. The summed E-state index contributed by atoms with van der Waals surface area (Å²) in [5.74, 6) is -1.49. The number of esters is 1. The van der Waals surface area contributed by atoms with Crippen LogP contribution in [0.4, 0.5) is 0 Å². The predicted molar refractivity (Wildman–Crippen MR) is 385 cm³/mol. The fourth-order valence-electron chi connectivity index (χ4n) is 12.5. The van der Waals surface area contributed by atoms with Gasteiger partial charge in [0.15, 0.2) is 16.6 Å².